The van der Waals surface area contributed by atoms with E-state index in [1.54, 1.807) is 34.1 Å². The van der Waals surface area contributed by atoms with Crippen LogP contribution in [0.25, 0.3) is 0 Å². The molecule has 1 saturated carbocycles. The number of likely N-dealkylation sites (tertiary alicyclic amines) is 1. The first-order valence-electron chi connectivity index (χ1n) is 9.93. The third-order valence-corrected chi connectivity index (χ3v) is 8.18. The fraction of sp³-hybridized carbons (Fsp3) is 0.600. The quantitative estimate of drug-likeness (QED) is 0.730. The third-order valence-electron chi connectivity index (χ3n) is 6.34. The molecule has 1 aromatic rings. The molecule has 3 aliphatic rings. The number of carbonyl (C=O) groups excluding carboxylic acids is 2. The zero-order chi connectivity index (χ0) is 19.9. The second-order valence-electron chi connectivity index (χ2n) is 8.06. The highest BCUT2D eigenvalue weighted by Gasteiger charge is 2.48. The van der Waals surface area contributed by atoms with Crippen LogP contribution in [0.3, 0.4) is 0 Å². The molecule has 152 valence electrons. The maximum absolute atomic E-state index is 13.4. The predicted molar refractivity (Wildman–Crippen MR) is 107 cm³/mol. The van der Waals surface area contributed by atoms with Crippen molar-refractivity contribution in [2.45, 2.75) is 44.2 Å². The van der Waals surface area contributed by atoms with Gasteiger partial charge in [-0.25, -0.2) is 8.42 Å². The Morgan fingerprint density at radius 2 is 1.79 bits per heavy atom. The van der Waals surface area contributed by atoms with Gasteiger partial charge in [-0.2, -0.15) is 0 Å². The molecule has 28 heavy (non-hydrogen) atoms. The van der Waals surface area contributed by atoms with E-state index in [2.05, 4.69) is 0 Å². The van der Waals surface area contributed by atoms with Crippen LogP contribution in [0.15, 0.2) is 24.3 Å². The molecule has 1 aliphatic carbocycles. The van der Waals surface area contributed by atoms with Crippen LogP contribution in [-0.2, 0) is 14.6 Å². The number of amides is 2. The second kappa shape index (κ2) is 7.67. The van der Waals surface area contributed by atoms with E-state index >= 15 is 0 Å². The summed E-state index contributed by atoms with van der Waals surface area (Å²) in [4.78, 5) is 30.0. The molecule has 4 rings (SSSR count). The van der Waals surface area contributed by atoms with Gasteiger partial charge in [0, 0.05) is 29.7 Å². The van der Waals surface area contributed by atoms with Crippen molar-refractivity contribution in [3.05, 3.63) is 34.9 Å². The minimum Gasteiger partial charge on any atom is -0.339 e. The van der Waals surface area contributed by atoms with E-state index < -0.39 is 15.9 Å². The molecule has 8 heteroatoms. The number of rotatable bonds is 2. The van der Waals surface area contributed by atoms with Crippen molar-refractivity contribution in [1.82, 2.24) is 9.80 Å². The molecule has 2 saturated heterocycles. The molecular weight excluding hydrogens is 400 g/mol. The summed E-state index contributed by atoms with van der Waals surface area (Å²) in [6.07, 6.45) is 4.79. The largest absolute Gasteiger partial charge is 0.339 e. The molecule has 0 N–H and O–H groups in total. The molecule has 3 fully saturated rings. The highest BCUT2D eigenvalue weighted by Crippen LogP contribution is 2.41. The van der Waals surface area contributed by atoms with E-state index in [0.717, 1.165) is 25.7 Å². The second-order valence-corrected chi connectivity index (χ2v) is 10.8. The fourth-order valence-electron chi connectivity index (χ4n) is 4.89. The molecule has 6 nitrogen and oxygen atoms in total. The Morgan fingerprint density at radius 3 is 2.50 bits per heavy atom. The van der Waals surface area contributed by atoms with Crippen molar-refractivity contribution in [1.29, 1.82) is 0 Å². The number of nitrogens with zero attached hydrogens (tertiary/aromatic N) is 2. The fourth-order valence-corrected chi connectivity index (χ4v) is 6.28. The smallest absolute Gasteiger partial charge is 0.254 e. The van der Waals surface area contributed by atoms with Gasteiger partial charge in [-0.15, -0.1) is 0 Å². The van der Waals surface area contributed by atoms with Crippen LogP contribution < -0.4 is 0 Å². The number of sulfone groups is 1. The summed E-state index contributed by atoms with van der Waals surface area (Å²) >= 11 is 6.08. The van der Waals surface area contributed by atoms with Crippen LogP contribution in [0.5, 0.6) is 0 Å². The van der Waals surface area contributed by atoms with Gasteiger partial charge in [-0.3, -0.25) is 9.59 Å². The summed E-state index contributed by atoms with van der Waals surface area (Å²) in [6.45, 7) is 0.429. The van der Waals surface area contributed by atoms with Crippen LogP contribution in [0.2, 0.25) is 5.02 Å². The average molecular weight is 425 g/mol. The molecule has 0 bridgehead atoms. The number of benzene rings is 1. The number of carbonyl (C=O) groups is 2. The van der Waals surface area contributed by atoms with Gasteiger partial charge < -0.3 is 9.80 Å². The van der Waals surface area contributed by atoms with Crippen LogP contribution in [0.1, 0.15) is 42.5 Å². The van der Waals surface area contributed by atoms with Crippen LogP contribution in [0.4, 0.5) is 0 Å². The van der Waals surface area contributed by atoms with Gasteiger partial charge in [0.25, 0.3) is 5.91 Å². The zero-order valence-corrected chi connectivity index (χ0v) is 17.3. The number of fused-ring (bicyclic) bond motifs is 1. The summed E-state index contributed by atoms with van der Waals surface area (Å²) in [6, 6.07) is 6.41. The summed E-state index contributed by atoms with van der Waals surface area (Å²) in [5.41, 5.74) is 0.498. The van der Waals surface area contributed by atoms with Gasteiger partial charge in [-0.05, 0) is 43.4 Å². The topological polar surface area (TPSA) is 74.8 Å². The molecule has 0 radical (unpaired) electrons. The van der Waals surface area contributed by atoms with E-state index in [9.17, 15) is 18.0 Å². The highest BCUT2D eigenvalue weighted by atomic mass is 35.5. The Bertz CT molecular complexity index is 874. The molecule has 2 amide bonds. The Balaban J connectivity index is 1.60. The summed E-state index contributed by atoms with van der Waals surface area (Å²) in [5, 5.41) is 0.495. The molecular formula is C20H25ClN2O4S. The lowest BCUT2D eigenvalue weighted by atomic mass is 9.84. The van der Waals surface area contributed by atoms with Gasteiger partial charge >= 0.3 is 0 Å². The average Bonchev–Trinajstić information content (AvgIpc) is 3.06. The van der Waals surface area contributed by atoms with Crippen molar-refractivity contribution in [2.24, 2.45) is 5.92 Å². The van der Waals surface area contributed by atoms with E-state index in [0.29, 0.717) is 22.9 Å². The van der Waals surface area contributed by atoms with Crippen LogP contribution in [0, 0.1) is 5.92 Å². The first-order chi connectivity index (χ1) is 13.4. The monoisotopic (exact) mass is 424 g/mol. The standard InChI is InChI=1S/C20H25ClN2O4S/c21-16-6-3-5-15(12-16)19(24)23-17-7-2-1-4-14(17)13-18(23)20(25)22-8-10-28(26,27)11-9-22/h3,5-6,12,14,17-18H,1-2,4,7-11,13H2. The minimum atomic E-state index is -3.06. The third kappa shape index (κ3) is 3.79. The molecule has 2 aliphatic heterocycles. The summed E-state index contributed by atoms with van der Waals surface area (Å²) in [7, 11) is -3.06. The van der Waals surface area contributed by atoms with Crippen molar-refractivity contribution in [3.8, 4) is 0 Å². The Labute approximate surface area is 170 Å². The van der Waals surface area contributed by atoms with Gasteiger partial charge in [0.15, 0.2) is 9.84 Å². The van der Waals surface area contributed by atoms with Crippen LogP contribution >= 0.6 is 11.6 Å². The molecule has 3 unspecified atom stereocenters. The van der Waals surface area contributed by atoms with Gasteiger partial charge in [-0.1, -0.05) is 30.5 Å². The van der Waals surface area contributed by atoms with E-state index in [1.165, 1.54) is 0 Å². The van der Waals surface area contributed by atoms with Crippen molar-refractivity contribution in [3.63, 3.8) is 0 Å². The van der Waals surface area contributed by atoms with E-state index in [4.69, 9.17) is 11.6 Å². The zero-order valence-electron chi connectivity index (χ0n) is 15.7. The predicted octanol–water partition coefficient (Wildman–Crippen LogP) is 2.37. The molecule has 1 aromatic carbocycles. The lowest BCUT2D eigenvalue weighted by Gasteiger charge is -2.36. The van der Waals surface area contributed by atoms with E-state index in [-0.39, 0.29) is 42.5 Å². The Hall–Kier alpha value is -1.60. The first-order valence-corrected chi connectivity index (χ1v) is 12.1. The van der Waals surface area contributed by atoms with Crippen molar-refractivity contribution < 1.29 is 18.0 Å². The maximum atomic E-state index is 13.4. The first kappa shape index (κ1) is 19.7. The van der Waals surface area contributed by atoms with Crippen molar-refractivity contribution in [2.75, 3.05) is 24.6 Å². The molecule has 0 spiro atoms. The van der Waals surface area contributed by atoms with Gasteiger partial charge in [0.2, 0.25) is 5.91 Å². The Kier molecular flexibility index (Phi) is 5.40. The molecule has 0 aromatic heterocycles. The number of halogens is 1. The summed E-state index contributed by atoms with van der Waals surface area (Å²) < 4.78 is 23.4. The van der Waals surface area contributed by atoms with Crippen LogP contribution in [-0.4, -0.2) is 66.7 Å². The SMILES string of the molecule is O=C(C1CC2CCCCC2N1C(=O)c1cccc(Cl)c1)N1CCS(=O)(=O)CC1. The maximum Gasteiger partial charge on any atom is 0.254 e. The lowest BCUT2D eigenvalue weighted by molar-refractivity contribution is -0.135. The Morgan fingerprint density at radius 1 is 1.07 bits per heavy atom. The molecule has 2 heterocycles. The minimum absolute atomic E-state index is 0.000552. The number of hydrogen-bond acceptors (Lipinski definition) is 4. The normalized spacial score (nSPS) is 29.4. The highest BCUT2D eigenvalue weighted by molar-refractivity contribution is 7.91. The van der Waals surface area contributed by atoms with Gasteiger partial charge in [0.1, 0.15) is 6.04 Å². The number of hydrogen-bond donors (Lipinski definition) is 0. The molecule has 3 atom stereocenters. The van der Waals surface area contributed by atoms with Gasteiger partial charge in [0.05, 0.1) is 11.5 Å². The van der Waals surface area contributed by atoms with E-state index in [1.807, 2.05) is 0 Å². The van der Waals surface area contributed by atoms with Crippen molar-refractivity contribution >= 4 is 33.3 Å². The summed E-state index contributed by atoms with van der Waals surface area (Å²) in [5.74, 6) is 0.0695. The lowest BCUT2D eigenvalue weighted by Crippen LogP contribution is -2.53.